The number of fused-ring (bicyclic) bond motifs is 1. The molecule has 0 bridgehead atoms. The van der Waals surface area contributed by atoms with Gasteiger partial charge in [-0.3, -0.25) is 9.59 Å². The van der Waals surface area contributed by atoms with E-state index in [1.54, 1.807) is 7.11 Å². The van der Waals surface area contributed by atoms with Crippen LogP contribution in [0.25, 0.3) is 10.9 Å². The summed E-state index contributed by atoms with van der Waals surface area (Å²) in [6.45, 7) is 0.626. The number of hydrogen-bond acceptors (Lipinski definition) is 3. The second kappa shape index (κ2) is 8.20. The first-order chi connectivity index (χ1) is 12.7. The minimum absolute atomic E-state index is 0.235. The molecule has 3 N–H and O–H groups in total. The quantitative estimate of drug-likeness (QED) is 0.595. The van der Waals surface area contributed by atoms with Crippen molar-refractivity contribution in [1.82, 2.24) is 15.6 Å². The van der Waals surface area contributed by atoms with Crippen LogP contribution in [0.5, 0.6) is 5.75 Å². The highest BCUT2D eigenvalue weighted by Gasteiger charge is 2.13. The Labute approximate surface area is 151 Å². The van der Waals surface area contributed by atoms with E-state index in [9.17, 15) is 9.59 Å². The van der Waals surface area contributed by atoms with Crippen molar-refractivity contribution >= 4 is 22.7 Å². The number of carbonyl (C=O) groups excluding carboxylic acids is 2. The Morgan fingerprint density at radius 2 is 1.69 bits per heavy atom. The smallest absolute Gasteiger partial charge is 0.309 e. The summed E-state index contributed by atoms with van der Waals surface area (Å²) in [7, 11) is 1.57. The molecule has 0 saturated heterocycles. The molecule has 1 aromatic heterocycles. The van der Waals surface area contributed by atoms with Gasteiger partial charge in [-0.1, -0.05) is 36.4 Å². The van der Waals surface area contributed by atoms with Crippen molar-refractivity contribution in [3.8, 4) is 5.75 Å². The zero-order valence-corrected chi connectivity index (χ0v) is 14.5. The molecule has 0 saturated carbocycles. The van der Waals surface area contributed by atoms with E-state index in [0.29, 0.717) is 18.7 Å². The van der Waals surface area contributed by atoms with Gasteiger partial charge in [-0.15, -0.1) is 0 Å². The zero-order chi connectivity index (χ0) is 18.4. The Kier molecular flexibility index (Phi) is 5.53. The second-order valence-corrected chi connectivity index (χ2v) is 5.86. The van der Waals surface area contributed by atoms with Gasteiger partial charge in [-0.25, -0.2) is 0 Å². The Morgan fingerprint density at radius 3 is 2.54 bits per heavy atom. The zero-order valence-electron chi connectivity index (χ0n) is 14.5. The molecule has 6 nitrogen and oxygen atoms in total. The maximum absolute atomic E-state index is 12.0. The molecule has 3 aromatic rings. The molecule has 134 valence electrons. The van der Waals surface area contributed by atoms with Crippen molar-refractivity contribution in [2.24, 2.45) is 0 Å². The van der Waals surface area contributed by atoms with E-state index in [1.807, 2.05) is 54.7 Å². The summed E-state index contributed by atoms with van der Waals surface area (Å²) in [6, 6.07) is 15.3. The highest BCUT2D eigenvalue weighted by Crippen LogP contribution is 2.18. The highest BCUT2D eigenvalue weighted by molar-refractivity contribution is 6.35. The highest BCUT2D eigenvalue weighted by atomic mass is 16.5. The average Bonchev–Trinajstić information content (AvgIpc) is 3.09. The summed E-state index contributed by atoms with van der Waals surface area (Å²) in [6.07, 6.45) is 2.58. The van der Waals surface area contributed by atoms with Gasteiger partial charge < -0.3 is 20.4 Å². The number of aromatic amines is 1. The first-order valence-corrected chi connectivity index (χ1v) is 8.42. The number of nitrogens with one attached hydrogen (secondary N) is 3. The third kappa shape index (κ3) is 4.03. The topological polar surface area (TPSA) is 83.2 Å². The normalized spacial score (nSPS) is 10.5. The summed E-state index contributed by atoms with van der Waals surface area (Å²) < 4.78 is 5.22. The molecule has 0 aliphatic heterocycles. The van der Waals surface area contributed by atoms with Crippen molar-refractivity contribution in [2.75, 3.05) is 13.7 Å². The minimum Gasteiger partial charge on any atom is -0.496 e. The molecule has 0 unspecified atom stereocenters. The first-order valence-electron chi connectivity index (χ1n) is 8.42. The monoisotopic (exact) mass is 351 g/mol. The number of ether oxygens (including phenoxy) is 1. The number of aromatic nitrogens is 1. The summed E-state index contributed by atoms with van der Waals surface area (Å²) >= 11 is 0. The number of carbonyl (C=O) groups is 2. The number of para-hydroxylation sites is 2. The molecule has 0 radical (unpaired) electrons. The van der Waals surface area contributed by atoms with E-state index in [-0.39, 0.29) is 6.54 Å². The van der Waals surface area contributed by atoms with E-state index in [4.69, 9.17) is 4.74 Å². The largest absolute Gasteiger partial charge is 0.496 e. The Morgan fingerprint density at radius 1 is 0.962 bits per heavy atom. The van der Waals surface area contributed by atoms with E-state index in [0.717, 1.165) is 22.0 Å². The van der Waals surface area contributed by atoms with Crippen LogP contribution in [-0.2, 0) is 22.6 Å². The lowest BCUT2D eigenvalue weighted by molar-refractivity contribution is -0.139. The van der Waals surface area contributed by atoms with Crippen LogP contribution in [0, 0.1) is 0 Å². The van der Waals surface area contributed by atoms with Gasteiger partial charge in [0.25, 0.3) is 0 Å². The first kappa shape index (κ1) is 17.5. The number of amides is 2. The van der Waals surface area contributed by atoms with Gasteiger partial charge in [0.15, 0.2) is 0 Å². The summed E-state index contributed by atoms with van der Waals surface area (Å²) in [5.74, 6) is -0.623. The fourth-order valence-corrected chi connectivity index (χ4v) is 2.83. The van der Waals surface area contributed by atoms with E-state index >= 15 is 0 Å². The van der Waals surface area contributed by atoms with Gasteiger partial charge in [0.05, 0.1) is 7.11 Å². The molecule has 2 amide bonds. The summed E-state index contributed by atoms with van der Waals surface area (Å²) in [5, 5.41) is 6.39. The Hall–Kier alpha value is -3.28. The van der Waals surface area contributed by atoms with Crippen molar-refractivity contribution < 1.29 is 14.3 Å². The van der Waals surface area contributed by atoms with E-state index in [2.05, 4.69) is 15.6 Å². The van der Waals surface area contributed by atoms with Gasteiger partial charge in [0, 0.05) is 35.8 Å². The summed E-state index contributed by atoms with van der Waals surface area (Å²) in [5.41, 5.74) is 2.98. The van der Waals surface area contributed by atoms with Crippen LogP contribution >= 0.6 is 0 Å². The molecule has 0 fully saturated rings. The van der Waals surface area contributed by atoms with Crippen molar-refractivity contribution in [1.29, 1.82) is 0 Å². The Bertz CT molecular complexity index is 917. The fourth-order valence-electron chi connectivity index (χ4n) is 2.83. The number of rotatable bonds is 6. The van der Waals surface area contributed by atoms with Crippen LogP contribution in [0.4, 0.5) is 0 Å². The molecule has 0 atom stereocenters. The average molecular weight is 351 g/mol. The van der Waals surface area contributed by atoms with Crippen LogP contribution in [-0.4, -0.2) is 30.5 Å². The third-order valence-electron chi connectivity index (χ3n) is 4.19. The molecule has 0 aliphatic carbocycles. The van der Waals surface area contributed by atoms with Crippen LogP contribution < -0.4 is 15.4 Å². The molecule has 0 spiro atoms. The molecule has 3 rings (SSSR count). The lowest BCUT2D eigenvalue weighted by Crippen LogP contribution is -2.40. The maximum Gasteiger partial charge on any atom is 0.309 e. The predicted octanol–water partition coefficient (Wildman–Crippen LogP) is 2.15. The SMILES string of the molecule is COc1ccccc1CNC(=O)C(=O)NCCc1c[nH]c2ccccc12. The molecule has 0 aliphatic rings. The number of H-pyrrole nitrogens is 1. The van der Waals surface area contributed by atoms with E-state index < -0.39 is 11.8 Å². The molecule has 26 heavy (non-hydrogen) atoms. The van der Waals surface area contributed by atoms with Gasteiger partial charge >= 0.3 is 11.8 Å². The number of hydrogen-bond donors (Lipinski definition) is 3. The molecule has 6 heteroatoms. The van der Waals surface area contributed by atoms with Crippen molar-refractivity contribution in [2.45, 2.75) is 13.0 Å². The molecule has 2 aromatic carbocycles. The van der Waals surface area contributed by atoms with Crippen LogP contribution in [0.1, 0.15) is 11.1 Å². The molecular weight excluding hydrogens is 330 g/mol. The van der Waals surface area contributed by atoms with Crippen LogP contribution in [0.2, 0.25) is 0 Å². The Balaban J connectivity index is 1.48. The van der Waals surface area contributed by atoms with Gasteiger partial charge in [0.1, 0.15) is 5.75 Å². The van der Waals surface area contributed by atoms with Crippen molar-refractivity contribution in [3.05, 3.63) is 65.9 Å². The third-order valence-corrected chi connectivity index (χ3v) is 4.19. The van der Waals surface area contributed by atoms with Gasteiger partial charge in [-0.2, -0.15) is 0 Å². The lowest BCUT2D eigenvalue weighted by atomic mass is 10.1. The maximum atomic E-state index is 12.0. The standard InChI is InChI=1S/C20H21N3O3/c1-26-18-9-5-2-6-15(18)13-23-20(25)19(24)21-11-10-14-12-22-17-8-4-3-7-16(14)17/h2-9,12,22H,10-11,13H2,1H3,(H,21,24)(H,23,25). The van der Waals surface area contributed by atoms with E-state index in [1.165, 1.54) is 0 Å². The molecule has 1 heterocycles. The van der Waals surface area contributed by atoms with Crippen LogP contribution in [0.15, 0.2) is 54.7 Å². The fraction of sp³-hybridized carbons (Fsp3) is 0.200. The number of benzene rings is 2. The van der Waals surface area contributed by atoms with Gasteiger partial charge in [0.2, 0.25) is 0 Å². The van der Waals surface area contributed by atoms with Gasteiger partial charge in [-0.05, 0) is 24.1 Å². The predicted molar refractivity (Wildman–Crippen MR) is 99.9 cm³/mol. The minimum atomic E-state index is -0.658. The lowest BCUT2D eigenvalue weighted by Gasteiger charge is -2.09. The second-order valence-electron chi connectivity index (χ2n) is 5.86. The molecular formula is C20H21N3O3. The number of methoxy groups -OCH3 is 1. The van der Waals surface area contributed by atoms with Crippen LogP contribution in [0.3, 0.4) is 0 Å². The van der Waals surface area contributed by atoms with Crippen molar-refractivity contribution in [3.63, 3.8) is 0 Å². The summed E-state index contributed by atoms with van der Waals surface area (Å²) in [4.78, 5) is 27.1.